The molecule has 2 N–H and O–H groups in total. The number of carboxylic acid groups (broad SMARTS) is 1. The molecule has 0 saturated heterocycles. The first-order valence-corrected chi connectivity index (χ1v) is 5.15. The van der Waals surface area contributed by atoms with E-state index in [0.29, 0.717) is 5.56 Å². The molecule has 0 spiro atoms. The van der Waals surface area contributed by atoms with E-state index in [1.165, 1.54) is 10.8 Å². The number of carbonyl (C=O) groups is 2. The van der Waals surface area contributed by atoms with Gasteiger partial charge in [0.05, 0.1) is 6.42 Å². The van der Waals surface area contributed by atoms with E-state index in [-0.39, 0.29) is 31.0 Å². The Balaban J connectivity index is 2.54. The quantitative estimate of drug-likeness (QED) is 0.740. The molecule has 1 amide bonds. The lowest BCUT2D eigenvalue weighted by atomic mass is 10.3. The number of aliphatic carboxylic acids is 1. The minimum Gasteiger partial charge on any atom is -0.481 e. The van der Waals surface area contributed by atoms with Crippen molar-refractivity contribution in [1.29, 1.82) is 0 Å². The minimum atomic E-state index is -0.974. The number of rotatable bonds is 5. The van der Waals surface area contributed by atoms with Crippen molar-refractivity contribution in [3.63, 3.8) is 0 Å². The van der Waals surface area contributed by atoms with Crippen LogP contribution in [0.1, 0.15) is 12.0 Å². The van der Waals surface area contributed by atoms with Gasteiger partial charge in [0.1, 0.15) is 6.54 Å². The van der Waals surface area contributed by atoms with Crippen LogP contribution in [0.3, 0.4) is 0 Å². The van der Waals surface area contributed by atoms with Crippen molar-refractivity contribution in [2.75, 3.05) is 6.54 Å². The third-order valence-corrected chi connectivity index (χ3v) is 2.19. The van der Waals surface area contributed by atoms with Gasteiger partial charge in [-0.05, 0) is 13.0 Å². The zero-order chi connectivity index (χ0) is 12.8. The normalized spacial score (nSPS) is 9.94. The molecule has 0 unspecified atom stereocenters. The van der Waals surface area contributed by atoms with Crippen LogP contribution in [0.15, 0.2) is 23.1 Å². The number of carboxylic acids is 1. The number of nitrogens with one attached hydrogen (secondary N) is 1. The Morgan fingerprint density at radius 1 is 1.47 bits per heavy atom. The zero-order valence-corrected chi connectivity index (χ0v) is 9.47. The van der Waals surface area contributed by atoms with Crippen LogP contribution in [0.2, 0.25) is 0 Å². The van der Waals surface area contributed by atoms with Crippen molar-refractivity contribution in [1.82, 2.24) is 9.88 Å². The Hall–Kier alpha value is -2.11. The number of carbonyl (C=O) groups excluding carboxylic acids is 1. The van der Waals surface area contributed by atoms with Gasteiger partial charge in [0.15, 0.2) is 0 Å². The van der Waals surface area contributed by atoms with Gasteiger partial charge < -0.3 is 15.0 Å². The Bertz CT molecular complexity index is 479. The molecule has 6 nitrogen and oxygen atoms in total. The van der Waals surface area contributed by atoms with Gasteiger partial charge in [0.25, 0.3) is 5.56 Å². The fraction of sp³-hybridized carbons (Fsp3) is 0.364. The maximum atomic E-state index is 11.6. The third kappa shape index (κ3) is 4.10. The fourth-order valence-corrected chi connectivity index (χ4v) is 1.30. The lowest BCUT2D eigenvalue weighted by Gasteiger charge is -2.06. The molecule has 17 heavy (non-hydrogen) atoms. The Labute approximate surface area is 97.9 Å². The predicted octanol–water partition coefficient (Wildman–Crippen LogP) is -0.252. The monoisotopic (exact) mass is 238 g/mol. The van der Waals surface area contributed by atoms with Crippen LogP contribution >= 0.6 is 0 Å². The second-order valence-electron chi connectivity index (χ2n) is 3.62. The number of hydrogen-bond donors (Lipinski definition) is 2. The highest BCUT2D eigenvalue weighted by Gasteiger charge is 2.05. The van der Waals surface area contributed by atoms with Crippen molar-refractivity contribution in [3.8, 4) is 0 Å². The van der Waals surface area contributed by atoms with Gasteiger partial charge in [-0.3, -0.25) is 14.4 Å². The maximum Gasteiger partial charge on any atom is 0.305 e. The number of pyridine rings is 1. The molecule has 0 bridgehead atoms. The number of aromatic nitrogens is 1. The summed E-state index contributed by atoms with van der Waals surface area (Å²) in [5, 5.41) is 10.8. The summed E-state index contributed by atoms with van der Waals surface area (Å²) in [5.41, 5.74) is 0.340. The molecule has 1 aromatic heterocycles. The van der Waals surface area contributed by atoms with E-state index in [4.69, 9.17) is 5.11 Å². The molecule has 0 aromatic carbocycles. The van der Waals surface area contributed by atoms with E-state index in [0.717, 1.165) is 0 Å². The number of amides is 1. The van der Waals surface area contributed by atoms with E-state index in [2.05, 4.69) is 5.32 Å². The van der Waals surface area contributed by atoms with Gasteiger partial charge in [0.2, 0.25) is 5.91 Å². The van der Waals surface area contributed by atoms with Crippen molar-refractivity contribution >= 4 is 11.9 Å². The fourth-order valence-electron chi connectivity index (χ4n) is 1.30. The second-order valence-corrected chi connectivity index (χ2v) is 3.62. The van der Waals surface area contributed by atoms with Gasteiger partial charge in [-0.15, -0.1) is 0 Å². The molecule has 0 aliphatic rings. The van der Waals surface area contributed by atoms with Gasteiger partial charge in [-0.2, -0.15) is 0 Å². The number of hydrogen-bond acceptors (Lipinski definition) is 3. The van der Waals surface area contributed by atoms with Crippen molar-refractivity contribution < 1.29 is 14.7 Å². The van der Waals surface area contributed by atoms with Gasteiger partial charge in [-0.1, -0.05) is 6.07 Å². The highest BCUT2D eigenvalue weighted by molar-refractivity contribution is 5.76. The molecule has 1 aromatic rings. The van der Waals surface area contributed by atoms with E-state index in [1.807, 2.05) is 0 Å². The van der Waals surface area contributed by atoms with E-state index in [1.54, 1.807) is 19.1 Å². The molecule has 0 radical (unpaired) electrons. The molecule has 0 aliphatic heterocycles. The van der Waals surface area contributed by atoms with Crippen LogP contribution in [0.4, 0.5) is 0 Å². The van der Waals surface area contributed by atoms with E-state index in [9.17, 15) is 14.4 Å². The summed E-state index contributed by atoms with van der Waals surface area (Å²) in [6, 6.07) is 3.35. The molecule has 0 saturated carbocycles. The van der Waals surface area contributed by atoms with Crippen LogP contribution < -0.4 is 10.9 Å². The second kappa shape index (κ2) is 5.83. The molecule has 6 heteroatoms. The summed E-state index contributed by atoms with van der Waals surface area (Å²) in [6.07, 6.45) is 1.39. The summed E-state index contributed by atoms with van der Waals surface area (Å²) in [5.74, 6) is -1.35. The average molecular weight is 238 g/mol. The van der Waals surface area contributed by atoms with Crippen molar-refractivity contribution in [2.45, 2.75) is 19.9 Å². The standard InChI is InChI=1S/C11H14N2O4/c1-8-3-2-6-13(11(8)17)7-9(14)12-5-4-10(15)16/h2-3,6H,4-5,7H2,1H3,(H,12,14)(H,15,16). The smallest absolute Gasteiger partial charge is 0.305 e. The lowest BCUT2D eigenvalue weighted by molar-refractivity contribution is -0.136. The Morgan fingerprint density at radius 3 is 2.82 bits per heavy atom. The minimum absolute atomic E-state index is 0.0642. The number of nitrogens with zero attached hydrogens (tertiary/aromatic N) is 1. The van der Waals surface area contributed by atoms with Crippen molar-refractivity contribution in [3.05, 3.63) is 34.2 Å². The number of aryl methyl sites for hydroxylation is 1. The molecule has 1 rings (SSSR count). The molecule has 0 aliphatic carbocycles. The first-order chi connectivity index (χ1) is 8.00. The summed E-state index contributed by atoms with van der Waals surface area (Å²) in [7, 11) is 0. The van der Waals surface area contributed by atoms with Crippen LogP contribution in [0.25, 0.3) is 0 Å². The maximum absolute atomic E-state index is 11.6. The molecular weight excluding hydrogens is 224 g/mol. The topological polar surface area (TPSA) is 88.4 Å². The van der Waals surface area contributed by atoms with E-state index >= 15 is 0 Å². The van der Waals surface area contributed by atoms with Gasteiger partial charge >= 0.3 is 5.97 Å². The lowest BCUT2D eigenvalue weighted by Crippen LogP contribution is -2.33. The summed E-state index contributed by atoms with van der Waals surface area (Å²) >= 11 is 0. The largest absolute Gasteiger partial charge is 0.481 e. The van der Waals surface area contributed by atoms with Crippen LogP contribution in [-0.2, 0) is 16.1 Å². The average Bonchev–Trinajstić information content (AvgIpc) is 2.24. The summed E-state index contributed by atoms with van der Waals surface area (Å²) < 4.78 is 1.28. The molecule has 1 heterocycles. The first-order valence-electron chi connectivity index (χ1n) is 5.15. The Morgan fingerprint density at radius 2 is 2.18 bits per heavy atom. The summed E-state index contributed by atoms with van der Waals surface area (Å²) in [6.45, 7) is 1.63. The van der Waals surface area contributed by atoms with E-state index < -0.39 is 5.97 Å². The van der Waals surface area contributed by atoms with Crippen molar-refractivity contribution in [2.24, 2.45) is 0 Å². The SMILES string of the molecule is Cc1cccn(CC(=O)NCCC(=O)O)c1=O. The van der Waals surface area contributed by atoms with Crippen LogP contribution in [-0.4, -0.2) is 28.1 Å². The first kappa shape index (κ1) is 13.0. The van der Waals surface area contributed by atoms with Crippen LogP contribution in [0, 0.1) is 6.92 Å². The van der Waals surface area contributed by atoms with Gasteiger partial charge in [-0.25, -0.2) is 0 Å². The highest BCUT2D eigenvalue weighted by atomic mass is 16.4. The molecular formula is C11H14N2O4. The predicted molar refractivity (Wildman–Crippen MR) is 60.7 cm³/mol. The highest BCUT2D eigenvalue weighted by Crippen LogP contribution is 1.89. The van der Waals surface area contributed by atoms with Gasteiger partial charge in [0, 0.05) is 18.3 Å². The Kier molecular flexibility index (Phi) is 4.45. The third-order valence-electron chi connectivity index (χ3n) is 2.19. The molecule has 0 atom stereocenters. The zero-order valence-electron chi connectivity index (χ0n) is 9.47. The molecule has 0 fully saturated rings. The molecule has 92 valence electrons. The van der Waals surface area contributed by atoms with Crippen LogP contribution in [0.5, 0.6) is 0 Å². The summed E-state index contributed by atoms with van der Waals surface area (Å²) in [4.78, 5) is 33.2.